The Bertz CT molecular complexity index is 723. The van der Waals surface area contributed by atoms with E-state index in [2.05, 4.69) is 37.9 Å². The molecule has 138 valence electrons. The Morgan fingerprint density at radius 2 is 1.58 bits per heavy atom. The lowest BCUT2D eigenvalue weighted by atomic mass is 10.2. The van der Waals surface area contributed by atoms with Crippen LogP contribution in [0, 0.1) is 0 Å². The molecule has 0 atom stereocenters. The van der Waals surface area contributed by atoms with Crippen molar-refractivity contribution in [2.24, 2.45) is 0 Å². The maximum atomic E-state index is 12.2. The molecular formula is C19H24N4O2S. The lowest BCUT2D eigenvalue weighted by Crippen LogP contribution is -2.48. The molecule has 0 spiro atoms. The van der Waals surface area contributed by atoms with E-state index in [1.165, 1.54) is 11.8 Å². The molecule has 2 N–H and O–H groups in total. The number of amides is 2. The minimum atomic E-state index is -0.111. The van der Waals surface area contributed by atoms with Crippen molar-refractivity contribution in [1.82, 2.24) is 9.80 Å². The van der Waals surface area contributed by atoms with Gasteiger partial charge in [-0.05, 0) is 35.7 Å². The Kier molecular flexibility index (Phi) is 6.38. The number of carbonyl (C=O) groups excluding carboxylic acids is 2. The molecule has 0 saturated carbocycles. The fraction of sp³-hybridized carbons (Fsp3) is 0.368. The maximum absolute atomic E-state index is 12.2. The number of nitrogens with one attached hydrogen (secondary N) is 2. The highest BCUT2D eigenvalue weighted by Crippen LogP contribution is 2.15. The number of rotatable bonds is 6. The normalized spacial score (nSPS) is 15.6. The van der Waals surface area contributed by atoms with Crippen molar-refractivity contribution < 1.29 is 9.59 Å². The Hall–Kier alpha value is -2.22. The predicted molar refractivity (Wildman–Crippen MR) is 105 cm³/mol. The molecule has 2 heterocycles. The Labute approximate surface area is 157 Å². The third-order valence-corrected chi connectivity index (χ3v) is 5.14. The minimum absolute atomic E-state index is 0.0102. The highest BCUT2D eigenvalue weighted by Gasteiger charge is 2.19. The summed E-state index contributed by atoms with van der Waals surface area (Å²) in [5.74, 6) is -0.121. The van der Waals surface area contributed by atoms with E-state index in [-0.39, 0.29) is 11.8 Å². The van der Waals surface area contributed by atoms with E-state index >= 15 is 0 Å². The molecule has 0 unspecified atom stereocenters. The average molecular weight is 372 g/mol. The molecule has 26 heavy (non-hydrogen) atoms. The van der Waals surface area contributed by atoms with Crippen molar-refractivity contribution in [2.45, 2.75) is 13.5 Å². The van der Waals surface area contributed by atoms with E-state index in [4.69, 9.17) is 0 Å². The second kappa shape index (κ2) is 8.93. The number of anilines is 2. The number of hydrogen-bond acceptors (Lipinski definition) is 5. The largest absolute Gasteiger partial charge is 0.326 e. The first-order valence-electron chi connectivity index (χ1n) is 8.73. The van der Waals surface area contributed by atoms with Crippen LogP contribution in [0.4, 0.5) is 11.4 Å². The van der Waals surface area contributed by atoms with Crippen LogP contribution in [-0.4, -0.2) is 54.3 Å². The molecular weight excluding hydrogens is 348 g/mol. The summed E-state index contributed by atoms with van der Waals surface area (Å²) in [4.78, 5) is 29.3. The van der Waals surface area contributed by atoms with Crippen LogP contribution in [0.1, 0.15) is 11.8 Å². The molecule has 3 rings (SSSR count). The molecule has 1 saturated heterocycles. The highest BCUT2D eigenvalue weighted by molar-refractivity contribution is 7.09. The van der Waals surface area contributed by atoms with Gasteiger partial charge in [0, 0.05) is 55.9 Å². The topological polar surface area (TPSA) is 64.7 Å². The number of piperazine rings is 1. The second-order valence-corrected chi connectivity index (χ2v) is 7.47. The number of carbonyl (C=O) groups is 2. The molecule has 0 aliphatic carbocycles. The number of thiophene rings is 1. The molecule has 1 aliphatic heterocycles. The Balaban J connectivity index is 1.40. The van der Waals surface area contributed by atoms with Gasteiger partial charge in [0.05, 0.1) is 6.54 Å². The van der Waals surface area contributed by atoms with Crippen LogP contribution in [0.25, 0.3) is 0 Å². The molecule has 2 amide bonds. The molecule has 7 heteroatoms. The van der Waals surface area contributed by atoms with Crippen LogP contribution in [0.3, 0.4) is 0 Å². The first-order chi connectivity index (χ1) is 12.6. The molecule has 0 radical (unpaired) electrons. The van der Waals surface area contributed by atoms with Gasteiger partial charge in [0.25, 0.3) is 0 Å². The summed E-state index contributed by atoms with van der Waals surface area (Å²) < 4.78 is 0. The van der Waals surface area contributed by atoms with E-state index in [9.17, 15) is 9.59 Å². The number of hydrogen-bond donors (Lipinski definition) is 2. The van der Waals surface area contributed by atoms with Crippen LogP contribution in [0.2, 0.25) is 0 Å². The fourth-order valence-electron chi connectivity index (χ4n) is 2.97. The van der Waals surface area contributed by atoms with Gasteiger partial charge >= 0.3 is 0 Å². The minimum Gasteiger partial charge on any atom is -0.326 e. The van der Waals surface area contributed by atoms with Crippen LogP contribution < -0.4 is 10.6 Å². The first-order valence-corrected chi connectivity index (χ1v) is 9.61. The first kappa shape index (κ1) is 18.6. The smallest absolute Gasteiger partial charge is 0.238 e. The summed E-state index contributed by atoms with van der Waals surface area (Å²) in [5.41, 5.74) is 1.46. The average Bonchev–Trinajstić information content (AvgIpc) is 3.11. The summed E-state index contributed by atoms with van der Waals surface area (Å²) in [6, 6.07) is 11.4. The molecule has 1 aliphatic rings. The van der Waals surface area contributed by atoms with Crippen molar-refractivity contribution in [3.63, 3.8) is 0 Å². The lowest BCUT2D eigenvalue weighted by molar-refractivity contribution is -0.117. The molecule has 1 fully saturated rings. The molecule has 6 nitrogen and oxygen atoms in total. The highest BCUT2D eigenvalue weighted by atomic mass is 32.1. The Morgan fingerprint density at radius 1 is 0.962 bits per heavy atom. The fourth-order valence-corrected chi connectivity index (χ4v) is 3.72. The van der Waals surface area contributed by atoms with Crippen LogP contribution >= 0.6 is 11.3 Å². The summed E-state index contributed by atoms with van der Waals surface area (Å²) in [6.07, 6.45) is 0. The third kappa shape index (κ3) is 5.66. The van der Waals surface area contributed by atoms with Crippen molar-refractivity contribution in [1.29, 1.82) is 0 Å². The van der Waals surface area contributed by atoms with Gasteiger partial charge in [-0.25, -0.2) is 0 Å². The SMILES string of the molecule is CC(=O)Nc1ccc(NC(=O)CN2CCN(Cc3cccs3)CC2)cc1. The number of benzene rings is 1. The van der Waals surface area contributed by atoms with Crippen molar-refractivity contribution in [2.75, 3.05) is 43.4 Å². The van der Waals surface area contributed by atoms with Crippen molar-refractivity contribution in [3.05, 3.63) is 46.7 Å². The van der Waals surface area contributed by atoms with Crippen LogP contribution in [-0.2, 0) is 16.1 Å². The molecule has 1 aromatic heterocycles. The zero-order valence-corrected chi connectivity index (χ0v) is 15.7. The quantitative estimate of drug-likeness (QED) is 0.818. The van der Waals surface area contributed by atoms with E-state index in [1.54, 1.807) is 35.6 Å². The zero-order valence-electron chi connectivity index (χ0n) is 14.9. The lowest BCUT2D eigenvalue weighted by Gasteiger charge is -2.34. The van der Waals surface area contributed by atoms with E-state index < -0.39 is 0 Å². The number of nitrogens with zero attached hydrogens (tertiary/aromatic N) is 2. The maximum Gasteiger partial charge on any atom is 0.238 e. The Morgan fingerprint density at radius 3 is 2.15 bits per heavy atom. The van der Waals surface area contributed by atoms with Crippen LogP contribution in [0.15, 0.2) is 41.8 Å². The summed E-state index contributed by atoms with van der Waals surface area (Å²) >= 11 is 1.79. The van der Waals surface area contributed by atoms with Gasteiger partial charge < -0.3 is 10.6 Å². The van der Waals surface area contributed by atoms with E-state index in [1.807, 2.05) is 0 Å². The summed E-state index contributed by atoms with van der Waals surface area (Å²) in [7, 11) is 0. The van der Waals surface area contributed by atoms with Gasteiger partial charge in [-0.3, -0.25) is 19.4 Å². The zero-order chi connectivity index (χ0) is 18.4. The van der Waals surface area contributed by atoms with Crippen molar-refractivity contribution >= 4 is 34.5 Å². The summed E-state index contributed by atoms with van der Waals surface area (Å²) in [5, 5.41) is 7.73. The monoisotopic (exact) mass is 372 g/mol. The van der Waals surface area contributed by atoms with Gasteiger partial charge in [-0.15, -0.1) is 11.3 Å². The van der Waals surface area contributed by atoms with Gasteiger partial charge in [0.1, 0.15) is 0 Å². The molecule has 2 aromatic rings. The van der Waals surface area contributed by atoms with Gasteiger partial charge in [0.15, 0.2) is 0 Å². The standard InChI is InChI=1S/C19H24N4O2S/c1-15(24)20-16-4-6-17(7-5-16)21-19(25)14-23-10-8-22(9-11-23)13-18-3-2-12-26-18/h2-7,12H,8-11,13-14H2,1H3,(H,20,24)(H,21,25). The van der Waals surface area contributed by atoms with Crippen molar-refractivity contribution in [3.8, 4) is 0 Å². The second-order valence-electron chi connectivity index (χ2n) is 6.44. The van der Waals surface area contributed by atoms with Gasteiger partial charge in [0.2, 0.25) is 11.8 Å². The predicted octanol–water partition coefficient (Wildman–Crippen LogP) is 2.46. The van der Waals surface area contributed by atoms with Crippen LogP contribution in [0.5, 0.6) is 0 Å². The van der Waals surface area contributed by atoms with E-state index in [0.29, 0.717) is 6.54 Å². The third-order valence-electron chi connectivity index (χ3n) is 4.28. The molecule has 0 bridgehead atoms. The van der Waals surface area contributed by atoms with Gasteiger partial charge in [-0.1, -0.05) is 6.07 Å². The van der Waals surface area contributed by atoms with E-state index in [0.717, 1.165) is 44.1 Å². The summed E-state index contributed by atoms with van der Waals surface area (Å²) in [6.45, 7) is 6.64. The molecule has 1 aromatic carbocycles. The van der Waals surface area contributed by atoms with Gasteiger partial charge in [-0.2, -0.15) is 0 Å².